The van der Waals surface area contributed by atoms with Gasteiger partial charge < -0.3 is 4.74 Å². The predicted octanol–water partition coefficient (Wildman–Crippen LogP) is 1.25. The van der Waals surface area contributed by atoms with Crippen LogP contribution >= 0.6 is 0 Å². The Labute approximate surface area is 84.6 Å². The molecule has 15 heavy (non-hydrogen) atoms. The first-order valence-electron chi connectivity index (χ1n) is 3.97. The van der Waals surface area contributed by atoms with Crippen LogP contribution in [0, 0.1) is 20.2 Å². The number of methoxy groups -OCH3 is 1. The maximum atomic E-state index is 10.5. The van der Waals surface area contributed by atoms with Crippen LogP contribution in [-0.4, -0.2) is 17.0 Å². The number of rotatable bonds is 4. The molecule has 0 heterocycles. The molecule has 0 N–H and O–H groups in total. The van der Waals surface area contributed by atoms with Crippen molar-refractivity contribution in [1.29, 1.82) is 0 Å². The summed E-state index contributed by atoms with van der Waals surface area (Å²) in [7, 11) is 1.38. The molecule has 80 valence electrons. The van der Waals surface area contributed by atoms with E-state index in [-0.39, 0.29) is 5.56 Å². The lowest BCUT2D eigenvalue weighted by Gasteiger charge is -2.03. The van der Waals surface area contributed by atoms with Crippen LogP contribution in [0.3, 0.4) is 0 Å². The Bertz CT molecular complexity index is 378. The van der Waals surface area contributed by atoms with Crippen LogP contribution in [0.2, 0.25) is 0 Å². The molecule has 0 aromatic heterocycles. The molecule has 0 atom stereocenters. The van der Waals surface area contributed by atoms with Crippen molar-refractivity contribution >= 4 is 0 Å². The second-order valence-corrected chi connectivity index (χ2v) is 2.72. The van der Waals surface area contributed by atoms with Gasteiger partial charge in [0, 0.05) is 0 Å². The molecule has 0 spiro atoms. The Morgan fingerprint density at radius 1 is 1.27 bits per heavy atom. The lowest BCUT2D eigenvalue weighted by atomic mass is 10.2. The van der Waals surface area contributed by atoms with Gasteiger partial charge >= 0.3 is 6.17 Å². The number of hydrogen-bond acceptors (Lipinski definition) is 5. The van der Waals surface area contributed by atoms with Crippen LogP contribution in [0.15, 0.2) is 24.3 Å². The van der Waals surface area contributed by atoms with E-state index in [0.29, 0.717) is 5.75 Å². The zero-order valence-electron chi connectivity index (χ0n) is 7.82. The quantitative estimate of drug-likeness (QED) is 0.425. The van der Waals surface area contributed by atoms with Gasteiger partial charge in [0.1, 0.15) is 21.2 Å². The molecule has 0 bridgehead atoms. The Morgan fingerprint density at radius 3 is 2.33 bits per heavy atom. The van der Waals surface area contributed by atoms with Crippen LogP contribution in [0.1, 0.15) is 11.7 Å². The summed E-state index contributed by atoms with van der Waals surface area (Å²) in [4.78, 5) is 19.0. The van der Waals surface area contributed by atoms with Gasteiger partial charge in [0.2, 0.25) is 0 Å². The third-order valence-corrected chi connectivity index (χ3v) is 1.79. The van der Waals surface area contributed by atoms with Gasteiger partial charge in [-0.1, -0.05) is 6.07 Å². The van der Waals surface area contributed by atoms with E-state index >= 15 is 0 Å². The maximum absolute atomic E-state index is 10.5. The lowest BCUT2D eigenvalue weighted by molar-refractivity contribution is -0.752. The van der Waals surface area contributed by atoms with Crippen LogP contribution in [0.25, 0.3) is 0 Å². The van der Waals surface area contributed by atoms with Crippen LogP contribution in [0.5, 0.6) is 5.75 Å². The van der Waals surface area contributed by atoms with Gasteiger partial charge in [-0.05, 0) is 18.2 Å². The van der Waals surface area contributed by atoms with Crippen molar-refractivity contribution in [3.8, 4) is 5.75 Å². The summed E-state index contributed by atoms with van der Waals surface area (Å²) in [6.45, 7) is 0. The fourth-order valence-corrected chi connectivity index (χ4v) is 1.12. The molecule has 0 aliphatic carbocycles. The fraction of sp³-hybridized carbons (Fsp3) is 0.250. The molecule has 0 amide bonds. The van der Waals surface area contributed by atoms with Gasteiger partial charge in [0.25, 0.3) is 0 Å². The third-order valence-electron chi connectivity index (χ3n) is 1.79. The minimum absolute atomic E-state index is 0.00986. The molecule has 7 heteroatoms. The minimum Gasteiger partial charge on any atom is -0.497 e. The van der Waals surface area contributed by atoms with Crippen LogP contribution in [-0.2, 0) is 0 Å². The normalized spacial score (nSPS) is 10.0. The first-order valence-corrected chi connectivity index (χ1v) is 3.97. The third kappa shape index (κ3) is 2.39. The monoisotopic (exact) mass is 212 g/mol. The number of benzene rings is 1. The van der Waals surface area contributed by atoms with Crippen molar-refractivity contribution < 1.29 is 14.6 Å². The van der Waals surface area contributed by atoms with Crippen molar-refractivity contribution in [2.45, 2.75) is 6.17 Å². The van der Waals surface area contributed by atoms with Gasteiger partial charge in [-0.25, -0.2) is 0 Å². The Hall–Kier alpha value is -2.18. The molecule has 0 saturated heterocycles. The molecule has 7 nitrogen and oxygen atoms in total. The topological polar surface area (TPSA) is 95.5 Å². The highest BCUT2D eigenvalue weighted by atomic mass is 16.7. The second-order valence-electron chi connectivity index (χ2n) is 2.72. The van der Waals surface area contributed by atoms with Gasteiger partial charge in [-0.3, -0.25) is 20.2 Å². The Kier molecular flexibility index (Phi) is 3.17. The van der Waals surface area contributed by atoms with Gasteiger partial charge in [0.05, 0.1) is 7.11 Å². The first-order chi connectivity index (χ1) is 7.06. The van der Waals surface area contributed by atoms with Crippen molar-refractivity contribution in [2.24, 2.45) is 0 Å². The Morgan fingerprint density at radius 2 is 1.87 bits per heavy atom. The van der Waals surface area contributed by atoms with E-state index in [4.69, 9.17) is 4.74 Å². The molecule has 0 aliphatic rings. The molecule has 0 radical (unpaired) electrons. The molecule has 1 aromatic carbocycles. The van der Waals surface area contributed by atoms with Gasteiger partial charge in [0.15, 0.2) is 0 Å². The summed E-state index contributed by atoms with van der Waals surface area (Å²) in [5, 5.41) is 20.9. The molecule has 0 saturated carbocycles. The summed E-state index contributed by atoms with van der Waals surface area (Å²) in [6, 6.07) is 5.61. The van der Waals surface area contributed by atoms with E-state index in [0.717, 1.165) is 0 Å². The minimum atomic E-state index is -1.94. The van der Waals surface area contributed by atoms with Gasteiger partial charge in [-0.2, -0.15) is 0 Å². The highest BCUT2D eigenvalue weighted by Crippen LogP contribution is 2.21. The molecule has 0 aliphatic heterocycles. The standard InChI is InChI=1S/C8H8N2O5/c1-15-7-4-2-3-6(5-7)8(9(11)12)10(13)14/h2-5,8H,1H3. The van der Waals surface area contributed by atoms with Crippen molar-refractivity contribution in [3.63, 3.8) is 0 Å². The molecule has 1 aromatic rings. The summed E-state index contributed by atoms with van der Waals surface area (Å²) in [6.07, 6.45) is -1.94. The summed E-state index contributed by atoms with van der Waals surface area (Å²) in [5.41, 5.74) is -0.00986. The van der Waals surface area contributed by atoms with E-state index in [2.05, 4.69) is 0 Å². The lowest BCUT2D eigenvalue weighted by Crippen LogP contribution is -2.19. The first kappa shape index (κ1) is 10.9. The number of ether oxygens (including phenoxy) is 1. The average molecular weight is 212 g/mol. The van der Waals surface area contributed by atoms with Gasteiger partial charge in [-0.15, -0.1) is 0 Å². The molecule has 0 fully saturated rings. The van der Waals surface area contributed by atoms with Crippen molar-refractivity contribution in [2.75, 3.05) is 7.11 Å². The smallest absolute Gasteiger partial charge is 0.476 e. The summed E-state index contributed by atoms with van der Waals surface area (Å²) >= 11 is 0. The predicted molar refractivity (Wildman–Crippen MR) is 49.7 cm³/mol. The van der Waals surface area contributed by atoms with E-state index in [1.807, 2.05) is 0 Å². The van der Waals surface area contributed by atoms with Crippen LogP contribution < -0.4 is 4.74 Å². The number of hydrogen-bond donors (Lipinski definition) is 0. The maximum Gasteiger partial charge on any atom is 0.476 e. The van der Waals surface area contributed by atoms with E-state index in [1.54, 1.807) is 6.07 Å². The average Bonchev–Trinajstić information content (AvgIpc) is 2.17. The SMILES string of the molecule is COc1cccc(C([N+](=O)[O-])[N+](=O)[O-])c1. The van der Waals surface area contributed by atoms with Crippen molar-refractivity contribution in [1.82, 2.24) is 0 Å². The zero-order chi connectivity index (χ0) is 11.4. The molecular formula is C8H8N2O5. The summed E-state index contributed by atoms with van der Waals surface area (Å²) in [5.74, 6) is 0.348. The number of nitrogens with zero attached hydrogens (tertiary/aromatic N) is 2. The highest BCUT2D eigenvalue weighted by molar-refractivity contribution is 5.28. The highest BCUT2D eigenvalue weighted by Gasteiger charge is 2.34. The molecule has 1 rings (SSSR count). The largest absolute Gasteiger partial charge is 0.497 e. The fourth-order valence-electron chi connectivity index (χ4n) is 1.12. The van der Waals surface area contributed by atoms with Crippen LogP contribution in [0.4, 0.5) is 0 Å². The van der Waals surface area contributed by atoms with E-state index in [9.17, 15) is 20.2 Å². The Balaban J connectivity index is 3.11. The van der Waals surface area contributed by atoms with Crippen molar-refractivity contribution in [3.05, 3.63) is 50.1 Å². The zero-order valence-corrected chi connectivity index (χ0v) is 7.82. The number of nitro groups is 2. The molecular weight excluding hydrogens is 204 g/mol. The summed E-state index contributed by atoms with van der Waals surface area (Å²) < 4.78 is 4.82. The van der Waals surface area contributed by atoms with E-state index < -0.39 is 16.0 Å². The second kappa shape index (κ2) is 4.36. The van der Waals surface area contributed by atoms with E-state index in [1.165, 1.54) is 25.3 Å². The molecule has 0 unspecified atom stereocenters.